The van der Waals surface area contributed by atoms with Crippen molar-refractivity contribution in [1.29, 1.82) is 0 Å². The molecule has 1 atom stereocenters. The third kappa shape index (κ3) is 4.47. The van der Waals surface area contributed by atoms with Gasteiger partial charge in [-0.2, -0.15) is 0 Å². The predicted molar refractivity (Wildman–Crippen MR) is 70.6 cm³/mol. The molecule has 2 fully saturated rings. The predicted octanol–water partition coefficient (Wildman–Crippen LogP) is -0.508. The van der Waals surface area contributed by atoms with E-state index in [0.717, 1.165) is 39.0 Å². The van der Waals surface area contributed by atoms with Crippen molar-refractivity contribution >= 4 is 11.8 Å². The van der Waals surface area contributed by atoms with Crippen molar-refractivity contribution in [3.63, 3.8) is 0 Å². The van der Waals surface area contributed by atoms with Gasteiger partial charge in [0.25, 0.3) is 0 Å². The summed E-state index contributed by atoms with van der Waals surface area (Å²) in [7, 11) is 0. The number of nitrogens with zero attached hydrogens (tertiary/aromatic N) is 1. The minimum absolute atomic E-state index is 0.00598. The fraction of sp³-hybridized carbons (Fsp3) is 0.846. The highest BCUT2D eigenvalue weighted by atomic mass is 16.5. The molecule has 6 heteroatoms. The Morgan fingerprint density at radius 1 is 1.37 bits per heavy atom. The smallest absolute Gasteiger partial charge is 0.225 e. The number of hydrogen-bond acceptors (Lipinski definition) is 4. The number of rotatable bonds is 3. The Hall–Kier alpha value is -1.14. The number of hydrogen-bond donors (Lipinski definition) is 2. The molecular weight excluding hydrogens is 246 g/mol. The van der Waals surface area contributed by atoms with E-state index in [1.54, 1.807) is 0 Å². The summed E-state index contributed by atoms with van der Waals surface area (Å²) in [6, 6.07) is 0.217. The van der Waals surface area contributed by atoms with Crippen LogP contribution in [0, 0.1) is 0 Å². The van der Waals surface area contributed by atoms with E-state index in [1.165, 1.54) is 6.92 Å². The molecule has 0 bridgehead atoms. The Bertz CT molecular complexity index is 321. The molecule has 2 heterocycles. The zero-order valence-electron chi connectivity index (χ0n) is 11.5. The Balaban J connectivity index is 1.71. The second kappa shape index (κ2) is 6.86. The van der Waals surface area contributed by atoms with Gasteiger partial charge in [0.15, 0.2) is 0 Å². The standard InChI is InChI=1S/C13H23N3O3/c1-10(17)15-11-2-5-16(6-3-11)13(18)8-12-9-14-4-7-19-12/h11-12,14H,2-9H2,1H3,(H,15,17). The van der Waals surface area contributed by atoms with E-state index in [1.807, 2.05) is 4.90 Å². The van der Waals surface area contributed by atoms with E-state index in [9.17, 15) is 9.59 Å². The van der Waals surface area contributed by atoms with E-state index in [2.05, 4.69) is 10.6 Å². The zero-order chi connectivity index (χ0) is 13.7. The summed E-state index contributed by atoms with van der Waals surface area (Å²) in [4.78, 5) is 25.0. The van der Waals surface area contributed by atoms with Crippen LogP contribution in [0.2, 0.25) is 0 Å². The molecular formula is C13H23N3O3. The normalized spacial score (nSPS) is 25.1. The number of piperidine rings is 1. The second-order valence-corrected chi connectivity index (χ2v) is 5.26. The van der Waals surface area contributed by atoms with Gasteiger partial charge >= 0.3 is 0 Å². The quantitative estimate of drug-likeness (QED) is 0.724. The number of morpholine rings is 1. The van der Waals surface area contributed by atoms with E-state index >= 15 is 0 Å². The van der Waals surface area contributed by atoms with Gasteiger partial charge in [0, 0.05) is 39.1 Å². The first kappa shape index (κ1) is 14.3. The zero-order valence-corrected chi connectivity index (χ0v) is 11.5. The highest BCUT2D eigenvalue weighted by molar-refractivity contribution is 5.77. The monoisotopic (exact) mass is 269 g/mol. The third-order valence-electron chi connectivity index (χ3n) is 3.66. The minimum atomic E-state index is 0.00598. The van der Waals surface area contributed by atoms with Crippen molar-refractivity contribution in [2.75, 3.05) is 32.8 Å². The summed E-state index contributed by atoms with van der Waals surface area (Å²) in [6.07, 6.45) is 2.15. The molecule has 1 unspecified atom stereocenters. The molecule has 19 heavy (non-hydrogen) atoms. The van der Waals surface area contributed by atoms with Crippen molar-refractivity contribution in [2.45, 2.75) is 38.3 Å². The first-order valence-electron chi connectivity index (χ1n) is 7.02. The van der Waals surface area contributed by atoms with Gasteiger partial charge in [-0.25, -0.2) is 0 Å². The van der Waals surface area contributed by atoms with Crippen LogP contribution >= 0.6 is 0 Å². The number of nitrogens with one attached hydrogen (secondary N) is 2. The average molecular weight is 269 g/mol. The van der Waals surface area contributed by atoms with Gasteiger partial charge in [-0.05, 0) is 12.8 Å². The molecule has 2 amide bonds. The van der Waals surface area contributed by atoms with Crippen LogP contribution in [0.3, 0.4) is 0 Å². The van der Waals surface area contributed by atoms with E-state index < -0.39 is 0 Å². The fourth-order valence-corrected chi connectivity index (χ4v) is 2.64. The fourth-order valence-electron chi connectivity index (χ4n) is 2.64. The van der Waals surface area contributed by atoms with Crippen molar-refractivity contribution in [2.24, 2.45) is 0 Å². The Kier molecular flexibility index (Phi) is 5.15. The largest absolute Gasteiger partial charge is 0.375 e. The van der Waals surface area contributed by atoms with Gasteiger partial charge in [-0.15, -0.1) is 0 Å². The highest BCUT2D eigenvalue weighted by Crippen LogP contribution is 2.13. The molecule has 0 aliphatic carbocycles. The van der Waals surface area contributed by atoms with Gasteiger partial charge in [0.2, 0.25) is 11.8 Å². The molecule has 108 valence electrons. The lowest BCUT2D eigenvalue weighted by molar-refractivity contribution is -0.135. The van der Waals surface area contributed by atoms with Crippen LogP contribution in [0.5, 0.6) is 0 Å². The van der Waals surface area contributed by atoms with Gasteiger partial charge < -0.3 is 20.3 Å². The summed E-state index contributed by atoms with van der Waals surface area (Å²) in [5, 5.41) is 6.14. The number of amides is 2. The SMILES string of the molecule is CC(=O)NC1CCN(C(=O)CC2CNCCO2)CC1. The first-order valence-corrected chi connectivity index (χ1v) is 7.02. The lowest BCUT2D eigenvalue weighted by Crippen LogP contribution is -2.48. The number of ether oxygens (including phenoxy) is 1. The first-order chi connectivity index (χ1) is 9.15. The highest BCUT2D eigenvalue weighted by Gasteiger charge is 2.25. The molecule has 6 nitrogen and oxygen atoms in total. The molecule has 2 aliphatic heterocycles. The van der Waals surface area contributed by atoms with E-state index in [0.29, 0.717) is 13.0 Å². The van der Waals surface area contributed by atoms with Crippen molar-refractivity contribution in [3.8, 4) is 0 Å². The lowest BCUT2D eigenvalue weighted by Gasteiger charge is -2.33. The maximum absolute atomic E-state index is 12.1. The number of likely N-dealkylation sites (tertiary alicyclic amines) is 1. The van der Waals surface area contributed by atoms with Crippen LogP contribution in [-0.4, -0.2) is 61.6 Å². The van der Waals surface area contributed by atoms with Gasteiger partial charge in [-0.3, -0.25) is 9.59 Å². The van der Waals surface area contributed by atoms with Gasteiger partial charge in [-0.1, -0.05) is 0 Å². The molecule has 0 radical (unpaired) electrons. The maximum atomic E-state index is 12.1. The molecule has 0 saturated carbocycles. The molecule has 2 aliphatic rings. The van der Waals surface area contributed by atoms with Gasteiger partial charge in [0.05, 0.1) is 19.1 Å². The van der Waals surface area contributed by atoms with Crippen LogP contribution in [0.1, 0.15) is 26.2 Å². The summed E-state index contributed by atoms with van der Waals surface area (Å²) in [5.41, 5.74) is 0. The number of carbonyl (C=O) groups is 2. The second-order valence-electron chi connectivity index (χ2n) is 5.26. The maximum Gasteiger partial charge on any atom is 0.225 e. The van der Waals surface area contributed by atoms with Crippen molar-refractivity contribution < 1.29 is 14.3 Å². The third-order valence-corrected chi connectivity index (χ3v) is 3.66. The summed E-state index contributed by atoms with van der Waals surface area (Å²) in [5.74, 6) is 0.168. The Morgan fingerprint density at radius 2 is 2.11 bits per heavy atom. The van der Waals surface area contributed by atoms with Crippen LogP contribution in [0.15, 0.2) is 0 Å². The molecule has 2 saturated heterocycles. The molecule has 2 N–H and O–H groups in total. The minimum Gasteiger partial charge on any atom is -0.375 e. The van der Waals surface area contributed by atoms with Crippen LogP contribution in [0.25, 0.3) is 0 Å². The molecule has 2 rings (SSSR count). The van der Waals surface area contributed by atoms with Gasteiger partial charge in [0.1, 0.15) is 0 Å². The Labute approximate surface area is 113 Å². The lowest BCUT2D eigenvalue weighted by atomic mass is 10.0. The van der Waals surface area contributed by atoms with E-state index in [-0.39, 0.29) is 24.0 Å². The van der Waals surface area contributed by atoms with Crippen LogP contribution < -0.4 is 10.6 Å². The molecule has 0 aromatic heterocycles. The topological polar surface area (TPSA) is 70.7 Å². The summed E-state index contributed by atoms with van der Waals surface area (Å²) < 4.78 is 5.55. The van der Waals surface area contributed by atoms with Crippen molar-refractivity contribution in [3.05, 3.63) is 0 Å². The van der Waals surface area contributed by atoms with Crippen LogP contribution in [0.4, 0.5) is 0 Å². The molecule has 0 aromatic rings. The number of carbonyl (C=O) groups excluding carboxylic acids is 2. The van der Waals surface area contributed by atoms with E-state index in [4.69, 9.17) is 4.74 Å². The average Bonchev–Trinajstić information content (AvgIpc) is 2.40. The Morgan fingerprint density at radius 3 is 2.68 bits per heavy atom. The summed E-state index contributed by atoms with van der Waals surface area (Å²) >= 11 is 0. The summed E-state index contributed by atoms with van der Waals surface area (Å²) in [6.45, 7) is 5.29. The molecule has 0 aromatic carbocycles. The molecule has 0 spiro atoms. The van der Waals surface area contributed by atoms with Crippen molar-refractivity contribution in [1.82, 2.24) is 15.5 Å². The van der Waals surface area contributed by atoms with Crippen LogP contribution in [-0.2, 0) is 14.3 Å².